The number of carbonyl (C=O) groups is 2. The molecular weight excluding hydrogens is 490 g/mol. The lowest BCUT2D eigenvalue weighted by atomic mass is 9.94. The molecule has 1 atom stereocenters. The zero-order valence-corrected chi connectivity index (χ0v) is 20.7. The fourth-order valence-electron chi connectivity index (χ4n) is 3.85. The van der Waals surface area contributed by atoms with Gasteiger partial charge in [0.1, 0.15) is 17.3 Å². The van der Waals surface area contributed by atoms with E-state index < -0.39 is 17.7 Å². The summed E-state index contributed by atoms with van der Waals surface area (Å²) in [5, 5.41) is 11.2. The van der Waals surface area contributed by atoms with Crippen LogP contribution < -0.4 is 9.47 Å². The second-order valence-corrected chi connectivity index (χ2v) is 8.71. The van der Waals surface area contributed by atoms with Gasteiger partial charge in [-0.25, -0.2) is 0 Å². The van der Waals surface area contributed by atoms with Crippen molar-refractivity contribution in [3.63, 3.8) is 0 Å². The Bertz CT molecular complexity index is 1060. The Labute approximate surface area is 202 Å². The summed E-state index contributed by atoms with van der Waals surface area (Å²) in [4.78, 5) is 27.7. The molecule has 2 aromatic carbocycles. The molecule has 2 aromatic rings. The first-order valence-corrected chi connectivity index (χ1v) is 11.5. The highest BCUT2D eigenvalue weighted by Crippen LogP contribution is 2.43. The van der Waals surface area contributed by atoms with Gasteiger partial charge in [0.15, 0.2) is 0 Å². The number of benzene rings is 2. The third kappa shape index (κ3) is 5.23. The molecule has 8 heteroatoms. The predicted octanol–water partition coefficient (Wildman–Crippen LogP) is 4.70. The molecular formula is C25H28BrNO6. The summed E-state index contributed by atoms with van der Waals surface area (Å²) in [5.74, 6) is -0.550. The Morgan fingerprint density at radius 2 is 1.79 bits per heavy atom. The SMILES string of the molecule is COc1ccc(/C(O)=C2\C(=O)C(=O)N(CCCOC(C)C)C2c2ccccc2OC)cc1Br. The van der Waals surface area contributed by atoms with Crippen LogP contribution in [0.5, 0.6) is 11.5 Å². The van der Waals surface area contributed by atoms with Gasteiger partial charge in [-0.2, -0.15) is 0 Å². The molecule has 33 heavy (non-hydrogen) atoms. The molecule has 0 aromatic heterocycles. The maximum Gasteiger partial charge on any atom is 0.295 e. The maximum absolute atomic E-state index is 13.1. The van der Waals surface area contributed by atoms with Crippen LogP contribution in [0.4, 0.5) is 0 Å². The molecule has 3 rings (SSSR count). The Hall–Kier alpha value is -2.84. The van der Waals surface area contributed by atoms with Crippen LogP contribution in [0.15, 0.2) is 52.5 Å². The van der Waals surface area contributed by atoms with Crippen LogP contribution in [0.25, 0.3) is 5.76 Å². The van der Waals surface area contributed by atoms with Gasteiger partial charge in [0.2, 0.25) is 0 Å². The van der Waals surface area contributed by atoms with Gasteiger partial charge < -0.3 is 24.2 Å². The zero-order valence-electron chi connectivity index (χ0n) is 19.1. The fourth-order valence-corrected chi connectivity index (χ4v) is 4.39. The number of ketones is 1. The minimum atomic E-state index is -0.791. The maximum atomic E-state index is 13.1. The van der Waals surface area contributed by atoms with Gasteiger partial charge in [-0.15, -0.1) is 0 Å². The lowest BCUT2D eigenvalue weighted by Crippen LogP contribution is -2.31. The third-order valence-corrected chi connectivity index (χ3v) is 6.01. The summed E-state index contributed by atoms with van der Waals surface area (Å²) in [5.41, 5.74) is 1.04. The summed E-state index contributed by atoms with van der Waals surface area (Å²) in [6, 6.07) is 11.4. The molecule has 0 radical (unpaired) electrons. The normalized spacial score (nSPS) is 17.6. The molecule has 1 fully saturated rings. The van der Waals surface area contributed by atoms with E-state index in [-0.39, 0.29) is 17.4 Å². The van der Waals surface area contributed by atoms with Crippen LogP contribution in [0.1, 0.15) is 37.4 Å². The number of nitrogens with zero attached hydrogens (tertiary/aromatic N) is 1. The second kappa shape index (κ2) is 10.9. The number of aliphatic hydroxyl groups is 1. The fraction of sp³-hybridized carbons (Fsp3) is 0.360. The molecule has 176 valence electrons. The van der Waals surface area contributed by atoms with Crippen molar-refractivity contribution < 1.29 is 28.9 Å². The van der Waals surface area contributed by atoms with Crippen LogP contribution in [0.2, 0.25) is 0 Å². The summed E-state index contributed by atoms with van der Waals surface area (Å²) < 4.78 is 17.0. The second-order valence-electron chi connectivity index (χ2n) is 7.86. The number of amides is 1. The van der Waals surface area contributed by atoms with E-state index in [1.807, 2.05) is 26.0 Å². The zero-order chi connectivity index (χ0) is 24.1. The van der Waals surface area contributed by atoms with E-state index in [1.54, 1.807) is 30.3 Å². The average Bonchev–Trinajstić information content (AvgIpc) is 3.05. The van der Waals surface area contributed by atoms with Gasteiger partial charge in [-0.1, -0.05) is 18.2 Å². The van der Waals surface area contributed by atoms with Crippen molar-refractivity contribution >= 4 is 33.4 Å². The number of Topliss-reactive ketones (excluding diaryl/α,β-unsaturated/α-hetero) is 1. The molecule has 1 amide bonds. The molecule has 0 spiro atoms. The van der Waals surface area contributed by atoms with Crippen LogP contribution in [-0.4, -0.2) is 55.2 Å². The molecule has 1 heterocycles. The van der Waals surface area contributed by atoms with Gasteiger partial charge in [-0.3, -0.25) is 9.59 Å². The molecule has 0 bridgehead atoms. The molecule has 1 saturated heterocycles. The summed E-state index contributed by atoms with van der Waals surface area (Å²) in [6.07, 6.45) is 0.615. The number of aliphatic hydroxyl groups excluding tert-OH is 1. The van der Waals surface area contributed by atoms with E-state index in [9.17, 15) is 14.7 Å². The first-order valence-electron chi connectivity index (χ1n) is 10.7. The van der Waals surface area contributed by atoms with Crippen LogP contribution in [0, 0.1) is 0 Å². The largest absolute Gasteiger partial charge is 0.507 e. The highest BCUT2D eigenvalue weighted by atomic mass is 79.9. The van der Waals surface area contributed by atoms with Crippen molar-refractivity contribution in [3.05, 3.63) is 63.6 Å². The lowest BCUT2D eigenvalue weighted by Gasteiger charge is -2.26. The number of halogens is 1. The predicted molar refractivity (Wildman–Crippen MR) is 128 cm³/mol. The van der Waals surface area contributed by atoms with E-state index >= 15 is 0 Å². The minimum Gasteiger partial charge on any atom is -0.507 e. The highest BCUT2D eigenvalue weighted by molar-refractivity contribution is 9.10. The quantitative estimate of drug-likeness (QED) is 0.224. The van der Waals surface area contributed by atoms with Gasteiger partial charge in [0, 0.05) is 24.3 Å². The summed E-state index contributed by atoms with van der Waals surface area (Å²) in [7, 11) is 3.07. The minimum absolute atomic E-state index is 0.0198. The number of hydrogen-bond donors (Lipinski definition) is 1. The standard InChI is InChI=1S/C25H28BrNO6/c1-15(2)33-13-7-12-27-22(17-8-5-6-9-19(17)31-3)21(24(29)25(27)30)23(28)16-10-11-20(32-4)18(26)14-16/h5-6,8-11,14-15,22,28H,7,12-13H2,1-4H3/b23-21+. The van der Waals surface area contributed by atoms with Crippen molar-refractivity contribution in [2.24, 2.45) is 0 Å². The Morgan fingerprint density at radius 3 is 2.42 bits per heavy atom. The number of ether oxygens (including phenoxy) is 3. The van der Waals surface area contributed by atoms with Crippen LogP contribution >= 0.6 is 15.9 Å². The molecule has 1 unspecified atom stereocenters. The number of para-hydroxylation sites is 1. The Kier molecular flexibility index (Phi) is 8.15. The van der Waals surface area contributed by atoms with E-state index in [0.717, 1.165) is 0 Å². The number of rotatable bonds is 9. The van der Waals surface area contributed by atoms with Gasteiger partial charge in [-0.05, 0) is 60.5 Å². The number of hydrogen-bond acceptors (Lipinski definition) is 6. The molecule has 0 saturated carbocycles. The van der Waals surface area contributed by atoms with Crippen LogP contribution in [-0.2, 0) is 14.3 Å². The van der Waals surface area contributed by atoms with E-state index in [2.05, 4.69) is 15.9 Å². The Balaban J connectivity index is 2.10. The monoisotopic (exact) mass is 517 g/mol. The van der Waals surface area contributed by atoms with Gasteiger partial charge in [0.25, 0.3) is 11.7 Å². The van der Waals surface area contributed by atoms with Crippen molar-refractivity contribution in [3.8, 4) is 11.5 Å². The number of likely N-dealkylation sites (tertiary alicyclic amines) is 1. The van der Waals surface area contributed by atoms with Gasteiger partial charge >= 0.3 is 0 Å². The van der Waals surface area contributed by atoms with E-state index in [1.165, 1.54) is 19.1 Å². The van der Waals surface area contributed by atoms with E-state index in [4.69, 9.17) is 14.2 Å². The highest BCUT2D eigenvalue weighted by Gasteiger charge is 2.46. The van der Waals surface area contributed by atoms with Crippen molar-refractivity contribution in [1.82, 2.24) is 4.90 Å². The van der Waals surface area contributed by atoms with E-state index in [0.29, 0.717) is 46.7 Å². The number of carbonyl (C=O) groups excluding carboxylic acids is 2. The van der Waals surface area contributed by atoms with Crippen molar-refractivity contribution in [2.45, 2.75) is 32.4 Å². The number of methoxy groups -OCH3 is 2. The first kappa shape index (κ1) is 24.8. The third-order valence-electron chi connectivity index (χ3n) is 5.39. The van der Waals surface area contributed by atoms with Crippen molar-refractivity contribution in [2.75, 3.05) is 27.4 Å². The van der Waals surface area contributed by atoms with Crippen LogP contribution in [0.3, 0.4) is 0 Å². The molecule has 1 aliphatic heterocycles. The summed E-state index contributed by atoms with van der Waals surface area (Å²) in [6.45, 7) is 4.62. The smallest absolute Gasteiger partial charge is 0.295 e. The van der Waals surface area contributed by atoms with Gasteiger partial charge in [0.05, 0.1) is 36.4 Å². The lowest BCUT2D eigenvalue weighted by molar-refractivity contribution is -0.140. The molecule has 1 aliphatic rings. The first-order chi connectivity index (χ1) is 15.8. The van der Waals surface area contributed by atoms with Crippen molar-refractivity contribution in [1.29, 1.82) is 0 Å². The summed E-state index contributed by atoms with van der Waals surface area (Å²) >= 11 is 3.40. The average molecular weight is 518 g/mol. The molecule has 1 N–H and O–H groups in total. The topological polar surface area (TPSA) is 85.3 Å². The molecule has 7 nitrogen and oxygen atoms in total. The molecule has 0 aliphatic carbocycles. The Morgan fingerprint density at radius 1 is 1.09 bits per heavy atom.